The summed E-state index contributed by atoms with van der Waals surface area (Å²) in [6.45, 7) is 2.13. The van der Waals surface area contributed by atoms with Crippen LogP contribution < -0.4 is 10.1 Å². The highest BCUT2D eigenvalue weighted by molar-refractivity contribution is 9.10. The SMILES string of the molecule is COCCOC(=O)C1=C(C)NC2=C(C(=O)CC(c3ccccc3OC)C2)C1c1ccc(F)c(Br)c1. The number of hydrogen-bond acceptors (Lipinski definition) is 6. The molecule has 2 unspecified atom stereocenters. The number of nitrogens with one attached hydrogen (secondary N) is 1. The predicted octanol–water partition coefficient (Wildman–Crippen LogP) is 5.15. The van der Waals surface area contributed by atoms with E-state index in [2.05, 4.69) is 21.2 Å². The van der Waals surface area contributed by atoms with Crippen LogP contribution in [0.3, 0.4) is 0 Å². The Hall–Kier alpha value is -2.97. The van der Waals surface area contributed by atoms with Crippen LogP contribution in [0, 0.1) is 5.82 Å². The Labute approximate surface area is 212 Å². The Morgan fingerprint density at radius 2 is 1.91 bits per heavy atom. The van der Waals surface area contributed by atoms with E-state index in [9.17, 15) is 14.0 Å². The first-order chi connectivity index (χ1) is 16.8. The minimum absolute atomic E-state index is 0.0743. The normalized spacial score (nSPS) is 19.9. The first kappa shape index (κ1) is 25.1. The van der Waals surface area contributed by atoms with Gasteiger partial charge in [-0.05, 0) is 58.6 Å². The molecule has 2 atom stereocenters. The smallest absolute Gasteiger partial charge is 0.336 e. The quantitative estimate of drug-likeness (QED) is 0.384. The summed E-state index contributed by atoms with van der Waals surface area (Å²) in [4.78, 5) is 26.8. The molecule has 0 saturated carbocycles. The van der Waals surface area contributed by atoms with Crippen molar-refractivity contribution in [3.05, 3.63) is 86.4 Å². The van der Waals surface area contributed by atoms with Crippen molar-refractivity contribution in [2.45, 2.75) is 31.6 Å². The summed E-state index contributed by atoms with van der Waals surface area (Å²) in [5, 5.41) is 3.31. The van der Waals surface area contributed by atoms with Crippen molar-refractivity contribution in [2.24, 2.45) is 0 Å². The van der Waals surface area contributed by atoms with E-state index in [1.54, 1.807) is 26.2 Å². The van der Waals surface area contributed by atoms with E-state index in [0.29, 0.717) is 28.8 Å². The van der Waals surface area contributed by atoms with Gasteiger partial charge < -0.3 is 19.5 Å². The van der Waals surface area contributed by atoms with Crippen LogP contribution in [0.4, 0.5) is 4.39 Å². The molecule has 35 heavy (non-hydrogen) atoms. The summed E-state index contributed by atoms with van der Waals surface area (Å²) in [5.74, 6) is -1.05. The molecule has 0 saturated heterocycles. The number of halogens is 2. The highest BCUT2D eigenvalue weighted by Gasteiger charge is 2.42. The topological polar surface area (TPSA) is 73.9 Å². The first-order valence-corrected chi connectivity index (χ1v) is 12.1. The molecule has 0 radical (unpaired) electrons. The number of hydrogen-bond donors (Lipinski definition) is 1. The monoisotopic (exact) mass is 543 g/mol. The van der Waals surface area contributed by atoms with Crippen LogP contribution in [0.1, 0.15) is 42.7 Å². The van der Waals surface area contributed by atoms with Gasteiger partial charge in [0, 0.05) is 42.3 Å². The molecule has 0 fully saturated rings. The number of benzene rings is 2. The molecular weight excluding hydrogens is 517 g/mol. The van der Waals surface area contributed by atoms with Crippen LogP contribution in [0.15, 0.2) is 69.5 Å². The van der Waals surface area contributed by atoms with Crippen molar-refractivity contribution >= 4 is 27.7 Å². The van der Waals surface area contributed by atoms with Gasteiger partial charge in [0.05, 0.1) is 23.8 Å². The second-order valence-electron chi connectivity index (χ2n) is 8.56. The minimum Gasteiger partial charge on any atom is -0.496 e. The maximum atomic E-state index is 14.1. The second kappa shape index (κ2) is 10.7. The van der Waals surface area contributed by atoms with Gasteiger partial charge in [0.15, 0.2) is 5.78 Å². The van der Waals surface area contributed by atoms with Crippen LogP contribution in [-0.4, -0.2) is 39.2 Å². The van der Waals surface area contributed by atoms with Crippen molar-refractivity contribution < 1.29 is 28.2 Å². The molecular formula is C27H27BrFNO5. The number of allylic oxidation sites excluding steroid dienone is 3. The van der Waals surface area contributed by atoms with E-state index in [1.807, 2.05) is 24.3 Å². The lowest BCUT2D eigenvalue weighted by Gasteiger charge is -2.37. The molecule has 2 aliphatic rings. The number of esters is 1. The molecule has 8 heteroatoms. The summed E-state index contributed by atoms with van der Waals surface area (Å²) in [6, 6.07) is 12.2. The zero-order valence-electron chi connectivity index (χ0n) is 19.8. The summed E-state index contributed by atoms with van der Waals surface area (Å²) in [6.07, 6.45) is 0.842. The molecule has 1 heterocycles. The summed E-state index contributed by atoms with van der Waals surface area (Å²) in [5.41, 5.74) is 3.80. The lowest BCUT2D eigenvalue weighted by Crippen LogP contribution is -2.36. The number of rotatable bonds is 7. The van der Waals surface area contributed by atoms with E-state index in [1.165, 1.54) is 13.2 Å². The largest absolute Gasteiger partial charge is 0.496 e. The van der Waals surface area contributed by atoms with Gasteiger partial charge in [0.1, 0.15) is 18.2 Å². The van der Waals surface area contributed by atoms with Gasteiger partial charge in [-0.2, -0.15) is 0 Å². The fourth-order valence-corrected chi connectivity index (χ4v) is 5.25. The molecule has 1 aliphatic carbocycles. The Bertz CT molecular complexity index is 1220. The molecule has 184 valence electrons. The Balaban J connectivity index is 1.78. The zero-order valence-corrected chi connectivity index (χ0v) is 21.4. The molecule has 0 spiro atoms. The Morgan fingerprint density at radius 1 is 1.14 bits per heavy atom. The fourth-order valence-electron chi connectivity index (χ4n) is 4.85. The van der Waals surface area contributed by atoms with Crippen molar-refractivity contribution in [3.8, 4) is 5.75 Å². The van der Waals surface area contributed by atoms with Crippen molar-refractivity contribution in [1.82, 2.24) is 5.32 Å². The standard InChI is InChI=1S/C27H27BrFNO5/c1-15-24(27(32)35-11-10-33-2)25(16-8-9-20(29)19(28)12-16)26-21(30-15)13-17(14-22(26)31)18-6-4-5-7-23(18)34-3/h4-9,12,17,25,30H,10-11,13-14H2,1-3H3. The van der Waals surface area contributed by atoms with E-state index >= 15 is 0 Å². The van der Waals surface area contributed by atoms with E-state index < -0.39 is 17.7 Å². The summed E-state index contributed by atoms with van der Waals surface area (Å²) >= 11 is 3.24. The van der Waals surface area contributed by atoms with Gasteiger partial charge >= 0.3 is 5.97 Å². The number of carbonyl (C=O) groups excluding carboxylic acids is 2. The Morgan fingerprint density at radius 3 is 2.63 bits per heavy atom. The Kier molecular flexibility index (Phi) is 7.72. The van der Waals surface area contributed by atoms with Gasteiger partial charge in [-0.1, -0.05) is 24.3 Å². The van der Waals surface area contributed by atoms with Gasteiger partial charge in [0.2, 0.25) is 0 Å². The number of para-hydroxylation sites is 1. The maximum Gasteiger partial charge on any atom is 0.336 e. The molecule has 4 rings (SSSR count). The average Bonchev–Trinajstić information content (AvgIpc) is 2.84. The van der Waals surface area contributed by atoms with Crippen molar-refractivity contribution in [2.75, 3.05) is 27.4 Å². The van der Waals surface area contributed by atoms with Gasteiger partial charge in [-0.25, -0.2) is 9.18 Å². The third kappa shape index (κ3) is 5.04. The lowest BCUT2D eigenvalue weighted by atomic mass is 9.71. The van der Waals surface area contributed by atoms with Crippen LogP contribution in [-0.2, 0) is 19.1 Å². The fraction of sp³-hybridized carbons (Fsp3) is 0.333. The van der Waals surface area contributed by atoms with E-state index in [0.717, 1.165) is 17.0 Å². The number of Topliss-reactive ketones (excluding diaryl/α,β-unsaturated/α-hetero) is 1. The summed E-state index contributed by atoms with van der Waals surface area (Å²) < 4.78 is 30.3. The molecule has 0 aromatic heterocycles. The molecule has 0 amide bonds. The highest BCUT2D eigenvalue weighted by Crippen LogP contribution is 2.47. The molecule has 1 aliphatic heterocycles. The van der Waals surface area contributed by atoms with Gasteiger partial charge in [-0.3, -0.25) is 4.79 Å². The van der Waals surface area contributed by atoms with Crippen LogP contribution in [0.5, 0.6) is 5.75 Å². The second-order valence-corrected chi connectivity index (χ2v) is 9.42. The van der Waals surface area contributed by atoms with Gasteiger partial charge in [-0.15, -0.1) is 0 Å². The van der Waals surface area contributed by atoms with Crippen LogP contribution in [0.2, 0.25) is 0 Å². The molecule has 2 aromatic rings. The zero-order chi connectivity index (χ0) is 25.1. The molecule has 1 N–H and O–H groups in total. The third-order valence-corrected chi connectivity index (χ3v) is 7.03. The average molecular weight is 544 g/mol. The number of methoxy groups -OCH3 is 2. The van der Waals surface area contributed by atoms with E-state index in [-0.39, 0.29) is 35.8 Å². The first-order valence-electron chi connectivity index (χ1n) is 11.3. The summed E-state index contributed by atoms with van der Waals surface area (Å²) in [7, 11) is 3.14. The van der Waals surface area contributed by atoms with Crippen LogP contribution >= 0.6 is 15.9 Å². The highest BCUT2D eigenvalue weighted by atomic mass is 79.9. The van der Waals surface area contributed by atoms with Crippen molar-refractivity contribution in [3.63, 3.8) is 0 Å². The van der Waals surface area contributed by atoms with Crippen LogP contribution in [0.25, 0.3) is 0 Å². The maximum absolute atomic E-state index is 14.1. The van der Waals surface area contributed by atoms with E-state index in [4.69, 9.17) is 14.2 Å². The number of dihydropyridines is 1. The molecule has 0 bridgehead atoms. The number of ketones is 1. The predicted molar refractivity (Wildman–Crippen MR) is 133 cm³/mol. The number of carbonyl (C=O) groups is 2. The van der Waals surface area contributed by atoms with Gasteiger partial charge in [0.25, 0.3) is 0 Å². The molecule has 2 aromatic carbocycles. The lowest BCUT2D eigenvalue weighted by molar-refractivity contribution is -0.140. The minimum atomic E-state index is -0.677. The number of ether oxygens (including phenoxy) is 3. The third-order valence-electron chi connectivity index (χ3n) is 6.42. The van der Waals surface area contributed by atoms with Crippen molar-refractivity contribution in [1.29, 1.82) is 0 Å². The molecule has 6 nitrogen and oxygen atoms in total.